The van der Waals surface area contributed by atoms with Gasteiger partial charge in [-0.1, -0.05) is 336 Å². The van der Waals surface area contributed by atoms with E-state index in [1.165, 1.54) is 257 Å². The first kappa shape index (κ1) is 76.8. The van der Waals surface area contributed by atoms with E-state index in [0.29, 0.717) is 25.7 Å². The Bertz CT molecular complexity index is 1180. The minimum atomic E-state index is -0.801. The molecule has 0 fully saturated rings. The summed E-state index contributed by atoms with van der Waals surface area (Å²) in [6.07, 6.45) is 63.8. The Kier molecular flexibility index (Phi) is 63.2. The van der Waals surface area contributed by atoms with Gasteiger partial charge in [-0.2, -0.15) is 0 Å². The number of hydrogen-bond acceptors (Lipinski definition) is 9. The third kappa shape index (κ3) is 61.7. The molecular weight excluding hydrogens is 985 g/mol. The number of unbranched alkanes of at least 4 members (excludes halogenated alkanes) is 48. The largest absolute Gasteiger partial charge is 0.462 e. The first-order valence-electron chi connectivity index (χ1n) is 35.1. The van der Waals surface area contributed by atoms with Crippen LogP contribution in [0.5, 0.6) is 0 Å². The molecule has 0 bridgehead atoms. The summed E-state index contributed by atoms with van der Waals surface area (Å²) in [5, 5.41) is 0. The molecule has 9 heteroatoms. The van der Waals surface area contributed by atoms with Crippen LogP contribution in [0.2, 0.25) is 0 Å². The summed E-state index contributed by atoms with van der Waals surface area (Å²) in [4.78, 5) is 52.2. The fourth-order valence-electron chi connectivity index (χ4n) is 10.7. The van der Waals surface area contributed by atoms with Crippen LogP contribution in [-0.2, 0) is 42.9 Å². The quantitative estimate of drug-likeness (QED) is 0.0334. The number of ether oxygens (including phenoxy) is 5. The van der Waals surface area contributed by atoms with Gasteiger partial charge in [-0.05, 0) is 25.7 Å². The summed E-state index contributed by atoms with van der Waals surface area (Å²) in [5.41, 5.74) is 0. The zero-order chi connectivity index (χ0) is 57.4. The number of rotatable bonds is 66. The Morgan fingerprint density at radius 1 is 0.215 bits per heavy atom. The van der Waals surface area contributed by atoms with Crippen molar-refractivity contribution in [3.05, 3.63) is 0 Å². The van der Waals surface area contributed by atoms with Crippen LogP contribution in [0.15, 0.2) is 0 Å². The standard InChI is InChI=1S/C70H134O9/c1-5-9-13-17-21-25-29-33-37-41-45-49-53-57-67(71)76-63-65(78-69(73)59-55-51-47-43-39-35-31-27-23-19-15-11-7-3)61-75-62-66(79-70(74)60-56-52-48-44-40-36-32-28-24-20-16-12-8-4)64-77-68(72)58-54-50-46-42-38-34-30-26-22-18-14-10-6-2/h65-66H,5-64H2,1-4H3. The number of esters is 4. The van der Waals surface area contributed by atoms with E-state index in [-0.39, 0.29) is 50.3 Å². The second kappa shape index (κ2) is 65.0. The van der Waals surface area contributed by atoms with Crippen LogP contribution < -0.4 is 0 Å². The molecule has 0 aromatic heterocycles. The molecule has 0 N–H and O–H groups in total. The summed E-state index contributed by atoms with van der Waals surface area (Å²) in [6.45, 7) is 8.80. The van der Waals surface area contributed by atoms with Gasteiger partial charge in [-0.3, -0.25) is 19.2 Å². The maximum atomic E-state index is 13.2. The fourth-order valence-corrected chi connectivity index (χ4v) is 10.7. The van der Waals surface area contributed by atoms with Crippen LogP contribution in [0.1, 0.15) is 387 Å². The number of hydrogen-bond donors (Lipinski definition) is 0. The van der Waals surface area contributed by atoms with Gasteiger partial charge in [0.25, 0.3) is 0 Å². The lowest BCUT2D eigenvalue weighted by molar-refractivity contribution is -0.169. The molecule has 0 radical (unpaired) electrons. The molecule has 0 saturated carbocycles. The number of carbonyl (C=O) groups excluding carboxylic acids is 4. The smallest absolute Gasteiger partial charge is 0.306 e. The normalized spacial score (nSPS) is 12.2. The molecule has 79 heavy (non-hydrogen) atoms. The van der Waals surface area contributed by atoms with Crippen LogP contribution in [0.4, 0.5) is 0 Å². The molecular formula is C70H134O9. The van der Waals surface area contributed by atoms with Gasteiger partial charge in [0, 0.05) is 25.7 Å². The average Bonchev–Trinajstić information content (AvgIpc) is 3.44. The van der Waals surface area contributed by atoms with Gasteiger partial charge in [0.05, 0.1) is 13.2 Å². The van der Waals surface area contributed by atoms with Crippen molar-refractivity contribution in [1.29, 1.82) is 0 Å². The van der Waals surface area contributed by atoms with Crippen molar-refractivity contribution in [1.82, 2.24) is 0 Å². The molecule has 0 aliphatic carbocycles. The van der Waals surface area contributed by atoms with E-state index in [1.807, 2.05) is 0 Å². The van der Waals surface area contributed by atoms with Crippen LogP contribution >= 0.6 is 0 Å². The second-order valence-electron chi connectivity index (χ2n) is 24.1. The molecule has 0 heterocycles. The second-order valence-corrected chi connectivity index (χ2v) is 24.1. The molecule has 0 rings (SSSR count). The highest BCUT2D eigenvalue weighted by Crippen LogP contribution is 2.18. The zero-order valence-corrected chi connectivity index (χ0v) is 53.3. The van der Waals surface area contributed by atoms with Gasteiger partial charge in [0.15, 0.2) is 12.2 Å². The van der Waals surface area contributed by atoms with E-state index in [1.54, 1.807) is 0 Å². The van der Waals surface area contributed by atoms with Crippen LogP contribution in [0.3, 0.4) is 0 Å². The third-order valence-electron chi connectivity index (χ3n) is 16.0. The van der Waals surface area contributed by atoms with E-state index in [2.05, 4.69) is 27.7 Å². The summed E-state index contributed by atoms with van der Waals surface area (Å²) in [6, 6.07) is 0. The molecule has 0 amide bonds. The lowest BCUT2D eigenvalue weighted by Crippen LogP contribution is -2.34. The fraction of sp³-hybridized carbons (Fsp3) is 0.943. The topological polar surface area (TPSA) is 114 Å². The molecule has 9 nitrogen and oxygen atoms in total. The van der Waals surface area contributed by atoms with E-state index < -0.39 is 12.2 Å². The summed E-state index contributed by atoms with van der Waals surface area (Å²) < 4.78 is 29.3. The van der Waals surface area contributed by atoms with Gasteiger partial charge in [-0.15, -0.1) is 0 Å². The maximum absolute atomic E-state index is 13.2. The molecule has 0 saturated heterocycles. The number of carbonyl (C=O) groups is 4. The summed E-state index contributed by atoms with van der Waals surface area (Å²) >= 11 is 0. The highest BCUT2D eigenvalue weighted by Gasteiger charge is 2.22. The third-order valence-corrected chi connectivity index (χ3v) is 16.0. The van der Waals surface area contributed by atoms with Gasteiger partial charge in [0.1, 0.15) is 13.2 Å². The van der Waals surface area contributed by atoms with Gasteiger partial charge in [0.2, 0.25) is 0 Å². The molecule has 2 atom stereocenters. The van der Waals surface area contributed by atoms with Gasteiger partial charge >= 0.3 is 23.9 Å². The monoisotopic (exact) mass is 1120 g/mol. The van der Waals surface area contributed by atoms with Crippen molar-refractivity contribution in [2.75, 3.05) is 26.4 Å². The lowest BCUT2D eigenvalue weighted by Gasteiger charge is -2.21. The van der Waals surface area contributed by atoms with Crippen molar-refractivity contribution in [3.63, 3.8) is 0 Å². The van der Waals surface area contributed by atoms with Gasteiger partial charge in [-0.25, -0.2) is 0 Å². The van der Waals surface area contributed by atoms with E-state index in [9.17, 15) is 19.2 Å². The van der Waals surface area contributed by atoms with Crippen molar-refractivity contribution in [2.24, 2.45) is 0 Å². The predicted molar refractivity (Wildman–Crippen MR) is 334 cm³/mol. The molecule has 2 unspecified atom stereocenters. The van der Waals surface area contributed by atoms with Crippen molar-refractivity contribution in [3.8, 4) is 0 Å². The van der Waals surface area contributed by atoms with Crippen LogP contribution in [-0.4, -0.2) is 62.5 Å². The molecule has 0 aliphatic rings. The minimum absolute atomic E-state index is 0.0316. The molecule has 0 aromatic carbocycles. The van der Waals surface area contributed by atoms with Crippen LogP contribution in [0, 0.1) is 0 Å². The Hall–Kier alpha value is -2.16. The summed E-state index contributed by atoms with van der Waals surface area (Å²) in [5.74, 6) is -1.24. The Morgan fingerprint density at radius 3 is 0.570 bits per heavy atom. The highest BCUT2D eigenvalue weighted by molar-refractivity contribution is 5.71. The van der Waals surface area contributed by atoms with Crippen molar-refractivity contribution >= 4 is 23.9 Å². The highest BCUT2D eigenvalue weighted by atomic mass is 16.6. The summed E-state index contributed by atoms with van der Waals surface area (Å²) in [7, 11) is 0. The van der Waals surface area contributed by atoms with Crippen LogP contribution in [0.25, 0.3) is 0 Å². The maximum Gasteiger partial charge on any atom is 0.306 e. The lowest BCUT2D eigenvalue weighted by atomic mass is 10.0. The Morgan fingerprint density at radius 2 is 0.380 bits per heavy atom. The SMILES string of the molecule is CCCCCCCCCCCCCCCC(=O)OCC(COCC(COC(=O)CCCCCCCCCCCCCCC)OC(=O)CCCCCCCCCCCCCCC)OC(=O)CCCCCCCCCCCCCCC. The Labute approximate surface area is 490 Å². The Balaban J connectivity index is 5.19. The zero-order valence-electron chi connectivity index (χ0n) is 53.3. The minimum Gasteiger partial charge on any atom is -0.462 e. The van der Waals surface area contributed by atoms with E-state index in [4.69, 9.17) is 23.7 Å². The molecule has 0 aromatic rings. The van der Waals surface area contributed by atoms with Crippen molar-refractivity contribution < 1.29 is 42.9 Å². The predicted octanol–water partition coefficient (Wildman–Crippen LogP) is 21.8. The average molecular weight is 1120 g/mol. The molecule has 468 valence electrons. The van der Waals surface area contributed by atoms with Crippen molar-refractivity contribution in [2.45, 2.75) is 399 Å². The molecule has 0 spiro atoms. The van der Waals surface area contributed by atoms with E-state index >= 15 is 0 Å². The first-order chi connectivity index (χ1) is 38.9. The first-order valence-corrected chi connectivity index (χ1v) is 35.1. The molecule has 0 aliphatic heterocycles. The van der Waals surface area contributed by atoms with E-state index in [0.717, 1.165) is 77.0 Å². The van der Waals surface area contributed by atoms with Gasteiger partial charge < -0.3 is 23.7 Å².